The third-order valence-electron chi connectivity index (χ3n) is 3.82. The van der Waals surface area contributed by atoms with Crippen molar-refractivity contribution in [2.75, 3.05) is 26.3 Å². The number of ether oxygens (including phenoxy) is 1. The average molecular weight is 316 g/mol. The number of amides is 1. The normalized spacial score (nSPS) is 24.9. The zero-order chi connectivity index (χ0) is 16.4. The maximum Gasteiger partial charge on any atom is 0.303 e. The molecule has 1 amide bonds. The number of likely N-dealkylation sites (tertiary alicyclic amines) is 1. The van der Waals surface area contributed by atoms with Crippen molar-refractivity contribution >= 4 is 18.3 Å². The topological polar surface area (TPSA) is 116 Å². The van der Waals surface area contributed by atoms with Crippen LogP contribution in [0.1, 0.15) is 32.1 Å². The van der Waals surface area contributed by atoms with Crippen molar-refractivity contribution in [1.29, 1.82) is 0 Å². The van der Waals surface area contributed by atoms with Gasteiger partial charge in [-0.1, -0.05) is 6.42 Å². The van der Waals surface area contributed by atoms with Gasteiger partial charge in [-0.2, -0.15) is 0 Å². The van der Waals surface area contributed by atoms with Gasteiger partial charge in [-0.15, -0.1) is 0 Å². The first kappa shape index (κ1) is 18.4. The molecule has 2 fully saturated rings. The molecule has 0 saturated carbocycles. The molecule has 0 aliphatic carbocycles. The quantitative estimate of drug-likeness (QED) is 0.607. The Bertz CT molecular complexity index is 370. The van der Waals surface area contributed by atoms with Gasteiger partial charge in [-0.05, 0) is 25.9 Å². The summed E-state index contributed by atoms with van der Waals surface area (Å²) in [5, 5.41) is 18.4. The van der Waals surface area contributed by atoms with Crippen molar-refractivity contribution in [2.24, 2.45) is 0 Å². The maximum absolute atomic E-state index is 11.7. The SMILES string of the molecule is O=C(O)CCC(=O)N[C@H]1COC[C@@H]1N1CCCCC1.O=CO. The minimum absolute atomic E-state index is 0.000560. The summed E-state index contributed by atoms with van der Waals surface area (Å²) in [5.74, 6) is -1.13. The molecular weight excluding hydrogens is 292 g/mol. The van der Waals surface area contributed by atoms with Crippen molar-refractivity contribution < 1.29 is 29.3 Å². The van der Waals surface area contributed by atoms with Crippen molar-refractivity contribution in [1.82, 2.24) is 10.2 Å². The van der Waals surface area contributed by atoms with E-state index in [1.807, 2.05) is 0 Å². The van der Waals surface area contributed by atoms with Gasteiger partial charge in [0, 0.05) is 6.42 Å². The molecule has 2 aliphatic rings. The molecule has 2 saturated heterocycles. The second kappa shape index (κ2) is 10.1. The third kappa shape index (κ3) is 6.40. The predicted octanol–water partition coefficient (Wildman–Crippen LogP) is -0.0785. The van der Waals surface area contributed by atoms with Crippen molar-refractivity contribution in [3.63, 3.8) is 0 Å². The molecule has 0 aromatic carbocycles. The van der Waals surface area contributed by atoms with Crippen molar-refractivity contribution in [2.45, 2.75) is 44.2 Å². The first-order valence-corrected chi connectivity index (χ1v) is 7.49. The van der Waals surface area contributed by atoms with Gasteiger partial charge in [-0.3, -0.25) is 19.3 Å². The van der Waals surface area contributed by atoms with Crippen LogP contribution < -0.4 is 5.32 Å². The van der Waals surface area contributed by atoms with Crippen molar-refractivity contribution in [3.8, 4) is 0 Å². The van der Waals surface area contributed by atoms with Crippen LogP contribution in [0.5, 0.6) is 0 Å². The van der Waals surface area contributed by atoms with Gasteiger partial charge in [0.1, 0.15) is 0 Å². The van der Waals surface area contributed by atoms with Crippen LogP contribution in [0, 0.1) is 0 Å². The summed E-state index contributed by atoms with van der Waals surface area (Å²) in [4.78, 5) is 32.9. The van der Waals surface area contributed by atoms with Crippen LogP contribution in [0.2, 0.25) is 0 Å². The number of nitrogens with one attached hydrogen (secondary N) is 1. The Morgan fingerprint density at radius 2 is 1.82 bits per heavy atom. The summed E-state index contributed by atoms with van der Waals surface area (Å²) in [6.45, 7) is 3.06. The van der Waals surface area contributed by atoms with E-state index in [0.29, 0.717) is 13.2 Å². The number of nitrogens with zero attached hydrogens (tertiary/aromatic N) is 1. The summed E-state index contributed by atoms with van der Waals surface area (Å²) < 4.78 is 5.48. The molecule has 0 spiro atoms. The molecule has 2 atom stereocenters. The molecule has 2 rings (SSSR count). The van der Waals surface area contributed by atoms with E-state index in [9.17, 15) is 9.59 Å². The first-order valence-electron chi connectivity index (χ1n) is 7.49. The zero-order valence-corrected chi connectivity index (χ0v) is 12.6. The van der Waals surface area contributed by atoms with Crippen LogP contribution >= 0.6 is 0 Å². The molecule has 0 aromatic heterocycles. The van der Waals surface area contributed by atoms with E-state index < -0.39 is 5.97 Å². The molecule has 126 valence electrons. The largest absolute Gasteiger partial charge is 0.483 e. The highest BCUT2D eigenvalue weighted by Gasteiger charge is 2.34. The summed E-state index contributed by atoms with van der Waals surface area (Å²) in [7, 11) is 0. The fourth-order valence-electron chi connectivity index (χ4n) is 2.79. The molecule has 3 N–H and O–H groups in total. The van der Waals surface area contributed by atoms with E-state index in [1.54, 1.807) is 0 Å². The minimum Gasteiger partial charge on any atom is -0.483 e. The fourth-order valence-corrected chi connectivity index (χ4v) is 2.79. The van der Waals surface area contributed by atoms with Crippen LogP contribution in [0.4, 0.5) is 0 Å². The zero-order valence-electron chi connectivity index (χ0n) is 12.6. The number of hydrogen-bond donors (Lipinski definition) is 3. The van der Waals surface area contributed by atoms with Gasteiger partial charge in [0.25, 0.3) is 6.47 Å². The van der Waals surface area contributed by atoms with E-state index in [4.69, 9.17) is 19.7 Å². The highest BCUT2D eigenvalue weighted by Crippen LogP contribution is 2.19. The Morgan fingerprint density at radius 1 is 1.18 bits per heavy atom. The number of aliphatic carboxylic acids is 1. The summed E-state index contributed by atoms with van der Waals surface area (Å²) in [5.41, 5.74) is 0. The Kier molecular flexibility index (Phi) is 8.46. The molecular formula is C14H24N2O6. The molecule has 2 aliphatic heterocycles. The molecule has 0 unspecified atom stereocenters. The standard InChI is InChI=1S/C13H22N2O4.CH2O2/c16-12(4-5-13(17)18)14-10-8-19-9-11(10)15-6-2-1-3-7-15;2-1-3/h10-11H,1-9H2,(H,14,16)(H,17,18);1H,(H,2,3)/t10-,11-;/m0./s1. The maximum atomic E-state index is 11.7. The summed E-state index contributed by atoms with van der Waals surface area (Å²) >= 11 is 0. The number of piperidine rings is 1. The molecule has 22 heavy (non-hydrogen) atoms. The van der Waals surface area contributed by atoms with Gasteiger partial charge < -0.3 is 20.3 Å². The van der Waals surface area contributed by atoms with Gasteiger partial charge >= 0.3 is 5.97 Å². The van der Waals surface area contributed by atoms with Gasteiger partial charge in [-0.25, -0.2) is 0 Å². The highest BCUT2D eigenvalue weighted by atomic mass is 16.5. The van der Waals surface area contributed by atoms with E-state index in [2.05, 4.69) is 10.2 Å². The second-order valence-electron chi connectivity index (χ2n) is 5.37. The number of carbonyl (C=O) groups is 3. The van der Waals surface area contributed by atoms with E-state index >= 15 is 0 Å². The number of hydrogen-bond acceptors (Lipinski definition) is 5. The molecule has 0 radical (unpaired) electrons. The van der Waals surface area contributed by atoms with Crippen LogP contribution in [0.15, 0.2) is 0 Å². The van der Waals surface area contributed by atoms with E-state index in [1.165, 1.54) is 19.3 Å². The average Bonchev–Trinajstić information content (AvgIpc) is 2.95. The van der Waals surface area contributed by atoms with E-state index in [0.717, 1.165) is 13.1 Å². The predicted molar refractivity (Wildman–Crippen MR) is 77.5 cm³/mol. The van der Waals surface area contributed by atoms with E-state index in [-0.39, 0.29) is 37.3 Å². The Morgan fingerprint density at radius 3 is 2.41 bits per heavy atom. The monoisotopic (exact) mass is 316 g/mol. The Hall–Kier alpha value is -1.67. The van der Waals surface area contributed by atoms with Gasteiger partial charge in [0.2, 0.25) is 5.91 Å². The molecule has 8 nitrogen and oxygen atoms in total. The lowest BCUT2D eigenvalue weighted by molar-refractivity contribution is -0.139. The fraction of sp³-hybridized carbons (Fsp3) is 0.786. The molecule has 2 heterocycles. The molecule has 0 bridgehead atoms. The number of rotatable bonds is 5. The number of carboxylic acids is 1. The lowest BCUT2D eigenvalue weighted by atomic mass is 10.0. The second-order valence-corrected chi connectivity index (χ2v) is 5.37. The van der Waals surface area contributed by atoms with Gasteiger partial charge in [0.05, 0.1) is 31.7 Å². The van der Waals surface area contributed by atoms with Crippen LogP contribution in [0.3, 0.4) is 0 Å². The lowest BCUT2D eigenvalue weighted by Crippen LogP contribution is -2.52. The summed E-state index contributed by atoms with van der Waals surface area (Å²) in [6.07, 6.45) is 3.61. The Labute approximate surface area is 129 Å². The number of carboxylic acid groups (broad SMARTS) is 2. The summed E-state index contributed by atoms with van der Waals surface area (Å²) in [6, 6.07) is 0.244. The van der Waals surface area contributed by atoms with Crippen LogP contribution in [-0.2, 0) is 19.1 Å². The van der Waals surface area contributed by atoms with Crippen LogP contribution in [0.25, 0.3) is 0 Å². The van der Waals surface area contributed by atoms with Gasteiger partial charge in [0.15, 0.2) is 0 Å². The number of carbonyl (C=O) groups excluding carboxylic acids is 1. The minimum atomic E-state index is -0.939. The first-order chi connectivity index (χ1) is 10.6. The smallest absolute Gasteiger partial charge is 0.303 e. The van der Waals surface area contributed by atoms with Crippen molar-refractivity contribution in [3.05, 3.63) is 0 Å². The lowest BCUT2D eigenvalue weighted by Gasteiger charge is -2.34. The molecule has 8 heteroatoms. The third-order valence-corrected chi connectivity index (χ3v) is 3.82. The Balaban J connectivity index is 0.000000745. The molecule has 0 aromatic rings. The highest BCUT2D eigenvalue weighted by molar-refractivity contribution is 5.80. The van der Waals surface area contributed by atoms with Crippen LogP contribution in [-0.4, -0.2) is 71.8 Å².